The van der Waals surface area contributed by atoms with Gasteiger partial charge in [-0.15, -0.1) is 11.3 Å². The smallest absolute Gasteiger partial charge is 0.0591 e. The quantitative estimate of drug-likeness (QED) is 0.925. The Morgan fingerprint density at radius 3 is 2.41 bits per heavy atom. The fraction of sp³-hybridized carbons (Fsp3) is 0.692. The first-order valence-corrected chi connectivity index (χ1v) is 7.90. The van der Waals surface area contributed by atoms with Gasteiger partial charge >= 0.3 is 0 Å². The Labute approximate surface area is 116 Å². The van der Waals surface area contributed by atoms with Gasteiger partial charge in [-0.2, -0.15) is 0 Å². The number of nitrogens with two attached hydrogens (primary N) is 1. The lowest BCUT2D eigenvalue weighted by molar-refractivity contribution is 0.213. The molecule has 0 bridgehead atoms. The van der Waals surface area contributed by atoms with Crippen LogP contribution >= 0.6 is 27.3 Å². The third-order valence-corrected chi connectivity index (χ3v) is 5.55. The summed E-state index contributed by atoms with van der Waals surface area (Å²) in [6.07, 6.45) is 0. The molecule has 2 nitrogen and oxygen atoms in total. The lowest BCUT2D eigenvalue weighted by Gasteiger charge is -2.30. The molecule has 4 heteroatoms. The molecule has 1 fully saturated rings. The third kappa shape index (κ3) is 2.92. The van der Waals surface area contributed by atoms with E-state index in [0.29, 0.717) is 6.04 Å². The summed E-state index contributed by atoms with van der Waals surface area (Å²) in [7, 11) is 0. The number of halogens is 1. The molecule has 0 radical (unpaired) electrons. The van der Waals surface area contributed by atoms with Crippen molar-refractivity contribution in [2.24, 2.45) is 17.6 Å². The molecule has 1 aliphatic rings. The van der Waals surface area contributed by atoms with Crippen LogP contribution in [0.15, 0.2) is 15.9 Å². The summed E-state index contributed by atoms with van der Waals surface area (Å²) in [6.45, 7) is 9.14. The first-order chi connectivity index (χ1) is 7.99. The number of hydrogen-bond acceptors (Lipinski definition) is 3. The van der Waals surface area contributed by atoms with Gasteiger partial charge in [0.2, 0.25) is 0 Å². The first kappa shape index (κ1) is 13.5. The minimum atomic E-state index is 0.179. The van der Waals surface area contributed by atoms with Crippen molar-refractivity contribution in [2.75, 3.05) is 13.1 Å². The van der Waals surface area contributed by atoms with Crippen molar-refractivity contribution in [3.05, 3.63) is 20.8 Å². The lowest BCUT2D eigenvalue weighted by Crippen LogP contribution is -2.38. The highest BCUT2D eigenvalue weighted by Crippen LogP contribution is 2.36. The molecule has 17 heavy (non-hydrogen) atoms. The Kier molecular flexibility index (Phi) is 4.29. The molecule has 1 saturated heterocycles. The Bertz CT molecular complexity index is 367. The van der Waals surface area contributed by atoms with Gasteiger partial charge in [0, 0.05) is 33.9 Å². The molecule has 1 aliphatic heterocycles. The molecule has 2 rings (SSSR count). The molecule has 2 N–H and O–H groups in total. The van der Waals surface area contributed by atoms with Gasteiger partial charge in [0.05, 0.1) is 6.04 Å². The second kappa shape index (κ2) is 5.39. The molecule has 0 amide bonds. The molecule has 0 saturated carbocycles. The van der Waals surface area contributed by atoms with Gasteiger partial charge in [-0.3, -0.25) is 4.90 Å². The average Bonchev–Trinajstić information content (AvgIpc) is 2.76. The minimum Gasteiger partial charge on any atom is -0.326 e. The predicted octanol–water partition coefficient (Wildman–Crippen LogP) is 3.49. The number of thiophene rings is 1. The van der Waals surface area contributed by atoms with Crippen molar-refractivity contribution < 1.29 is 0 Å². The van der Waals surface area contributed by atoms with E-state index in [2.05, 4.69) is 53.0 Å². The standard InChI is InChI=1S/C13H21BrN2S/c1-8-5-16(6-9(8)2)13(10(3)15)12-4-11(14)7-17-12/h4,7-10,13H,5-6,15H2,1-3H3. The highest BCUT2D eigenvalue weighted by atomic mass is 79.9. The normalized spacial score (nSPS) is 29.5. The summed E-state index contributed by atoms with van der Waals surface area (Å²) < 4.78 is 1.17. The maximum absolute atomic E-state index is 6.20. The van der Waals surface area contributed by atoms with Gasteiger partial charge in [0.15, 0.2) is 0 Å². The molecule has 96 valence electrons. The molecule has 0 aromatic carbocycles. The maximum Gasteiger partial charge on any atom is 0.0591 e. The number of likely N-dealkylation sites (tertiary alicyclic amines) is 1. The zero-order chi connectivity index (χ0) is 12.6. The maximum atomic E-state index is 6.20. The van der Waals surface area contributed by atoms with Gasteiger partial charge in [0.1, 0.15) is 0 Å². The van der Waals surface area contributed by atoms with Gasteiger partial charge in [-0.05, 0) is 40.8 Å². The van der Waals surface area contributed by atoms with Crippen LogP contribution in [-0.4, -0.2) is 24.0 Å². The van der Waals surface area contributed by atoms with E-state index < -0.39 is 0 Å². The Balaban J connectivity index is 2.19. The van der Waals surface area contributed by atoms with E-state index in [1.165, 1.54) is 22.4 Å². The predicted molar refractivity (Wildman–Crippen MR) is 78.3 cm³/mol. The fourth-order valence-corrected chi connectivity index (χ4v) is 4.35. The summed E-state index contributed by atoms with van der Waals surface area (Å²) in [4.78, 5) is 3.94. The van der Waals surface area contributed by atoms with Crippen molar-refractivity contribution in [1.82, 2.24) is 4.90 Å². The molecule has 0 spiro atoms. The van der Waals surface area contributed by atoms with Gasteiger partial charge < -0.3 is 5.73 Å². The highest BCUT2D eigenvalue weighted by molar-refractivity contribution is 9.10. The summed E-state index contributed by atoms with van der Waals surface area (Å²) >= 11 is 5.34. The summed E-state index contributed by atoms with van der Waals surface area (Å²) in [5.41, 5.74) is 6.20. The first-order valence-electron chi connectivity index (χ1n) is 6.22. The molecular weight excluding hydrogens is 296 g/mol. The molecule has 4 unspecified atom stereocenters. The van der Waals surface area contributed by atoms with E-state index in [1.54, 1.807) is 11.3 Å². The monoisotopic (exact) mass is 316 g/mol. The van der Waals surface area contributed by atoms with Gasteiger partial charge in [0.25, 0.3) is 0 Å². The summed E-state index contributed by atoms with van der Waals surface area (Å²) in [5, 5.41) is 2.15. The lowest BCUT2D eigenvalue weighted by atomic mass is 10.0. The minimum absolute atomic E-state index is 0.179. The zero-order valence-corrected chi connectivity index (χ0v) is 13.1. The third-order valence-electron chi connectivity index (χ3n) is 3.79. The molecule has 2 heterocycles. The van der Waals surface area contributed by atoms with Crippen LogP contribution in [0, 0.1) is 11.8 Å². The fourth-order valence-electron chi connectivity index (χ4n) is 2.66. The van der Waals surface area contributed by atoms with E-state index in [1.807, 2.05) is 0 Å². The molecule has 4 atom stereocenters. The second-order valence-corrected chi connectivity index (χ2v) is 7.24. The topological polar surface area (TPSA) is 29.3 Å². The van der Waals surface area contributed by atoms with Crippen LogP contribution in [0.25, 0.3) is 0 Å². The van der Waals surface area contributed by atoms with E-state index in [4.69, 9.17) is 5.73 Å². The van der Waals surface area contributed by atoms with Crippen LogP contribution < -0.4 is 5.73 Å². The zero-order valence-electron chi connectivity index (χ0n) is 10.7. The van der Waals surface area contributed by atoms with Crippen molar-refractivity contribution in [3.8, 4) is 0 Å². The van der Waals surface area contributed by atoms with Crippen LogP contribution in [0.4, 0.5) is 0 Å². The van der Waals surface area contributed by atoms with Crippen LogP contribution in [0.1, 0.15) is 31.7 Å². The van der Waals surface area contributed by atoms with Crippen LogP contribution in [0.3, 0.4) is 0 Å². The molecule has 1 aromatic rings. The van der Waals surface area contributed by atoms with Crippen molar-refractivity contribution >= 4 is 27.3 Å². The largest absolute Gasteiger partial charge is 0.326 e. The molecule has 0 aliphatic carbocycles. The Hall–Kier alpha value is 0.1000. The van der Waals surface area contributed by atoms with Crippen LogP contribution in [-0.2, 0) is 0 Å². The number of hydrogen-bond donors (Lipinski definition) is 1. The number of nitrogens with zero attached hydrogens (tertiary/aromatic N) is 1. The SMILES string of the molecule is CC(N)C(c1cc(Br)cs1)N1CC(C)C(C)C1. The van der Waals surface area contributed by atoms with Crippen LogP contribution in [0.2, 0.25) is 0 Å². The Morgan fingerprint density at radius 2 is 2.00 bits per heavy atom. The van der Waals surface area contributed by atoms with E-state index in [0.717, 1.165) is 11.8 Å². The van der Waals surface area contributed by atoms with Crippen molar-refractivity contribution in [2.45, 2.75) is 32.9 Å². The van der Waals surface area contributed by atoms with E-state index >= 15 is 0 Å². The van der Waals surface area contributed by atoms with Gasteiger partial charge in [-0.25, -0.2) is 0 Å². The van der Waals surface area contributed by atoms with Gasteiger partial charge in [-0.1, -0.05) is 13.8 Å². The van der Waals surface area contributed by atoms with Crippen molar-refractivity contribution in [3.63, 3.8) is 0 Å². The summed E-state index contributed by atoms with van der Waals surface area (Å²) in [6, 6.07) is 2.77. The van der Waals surface area contributed by atoms with Crippen LogP contribution in [0.5, 0.6) is 0 Å². The Morgan fingerprint density at radius 1 is 1.41 bits per heavy atom. The molecule has 1 aromatic heterocycles. The van der Waals surface area contributed by atoms with E-state index in [9.17, 15) is 0 Å². The average molecular weight is 317 g/mol. The number of rotatable bonds is 3. The summed E-state index contributed by atoms with van der Waals surface area (Å²) in [5.74, 6) is 1.55. The highest BCUT2D eigenvalue weighted by Gasteiger charge is 2.34. The second-order valence-electron chi connectivity index (χ2n) is 5.38. The molecular formula is C13H21BrN2S. The van der Waals surface area contributed by atoms with Crippen molar-refractivity contribution in [1.29, 1.82) is 0 Å². The van der Waals surface area contributed by atoms with E-state index in [-0.39, 0.29) is 6.04 Å².